The van der Waals surface area contributed by atoms with Gasteiger partial charge in [-0.2, -0.15) is 15.0 Å². The Balaban J connectivity index is 1.27. The third-order valence-electron chi connectivity index (χ3n) is 7.14. The number of halogens is 1. The molecule has 3 atom stereocenters. The minimum absolute atomic E-state index is 0.0201. The number of benzene rings is 2. The molecule has 4 aromatic rings. The number of likely N-dealkylation sites (tertiary alicyclic amines) is 1. The molecule has 1 saturated heterocycles. The Kier molecular flexibility index (Phi) is 5.59. The van der Waals surface area contributed by atoms with Gasteiger partial charge in [-0.25, -0.2) is 9.37 Å². The molecular weight excluding hydrogens is 463 g/mol. The third-order valence-corrected chi connectivity index (χ3v) is 8.22. The highest BCUT2D eigenvalue weighted by Crippen LogP contribution is 2.51. The molecule has 1 aliphatic heterocycles. The predicted octanol–water partition coefficient (Wildman–Crippen LogP) is 4.46. The molecule has 9 heteroatoms. The highest BCUT2D eigenvalue weighted by Gasteiger charge is 2.54. The quantitative estimate of drug-likeness (QED) is 0.358. The molecule has 0 spiro atoms. The van der Waals surface area contributed by atoms with E-state index in [-0.39, 0.29) is 18.5 Å². The second-order valence-electron chi connectivity index (χ2n) is 9.56. The smallest absolute Gasteiger partial charge is 0.256 e. The molecule has 0 N–H and O–H groups in total. The first-order chi connectivity index (χ1) is 17.0. The van der Waals surface area contributed by atoms with Crippen LogP contribution >= 0.6 is 11.8 Å². The number of aryl methyl sites for hydroxylation is 3. The largest absolute Gasteiger partial charge is 0.334 e. The number of nitrogens with zero attached hydrogens (tertiary/aromatic N) is 6. The maximum atomic E-state index is 13.8. The number of amides is 1. The summed E-state index contributed by atoms with van der Waals surface area (Å²) in [7, 11) is 0. The summed E-state index contributed by atoms with van der Waals surface area (Å²) in [5, 5.41) is 9.31. The number of fused-ring (bicyclic) bond motifs is 2. The Morgan fingerprint density at radius 3 is 2.69 bits per heavy atom. The van der Waals surface area contributed by atoms with Crippen LogP contribution in [0.15, 0.2) is 53.9 Å². The van der Waals surface area contributed by atoms with E-state index in [4.69, 9.17) is 4.98 Å². The van der Waals surface area contributed by atoms with Crippen LogP contribution in [-0.4, -0.2) is 60.4 Å². The minimum Gasteiger partial charge on any atom is -0.334 e. The molecule has 0 radical (unpaired) electrons. The first kappa shape index (κ1) is 22.3. The molecule has 2 fully saturated rings. The number of carbonyl (C=O) groups excluding carboxylic acids is 1. The SMILES string of the molecule is Cc1ccc(-n2nccn2)c(C(=O)N2C[C@H]3C[C@H]3[C@H]2CSc2nc3cc(C)ccc3n2CCF)c1. The van der Waals surface area contributed by atoms with Crippen LogP contribution in [0.5, 0.6) is 0 Å². The molecule has 180 valence electrons. The lowest BCUT2D eigenvalue weighted by atomic mass is 10.1. The van der Waals surface area contributed by atoms with Crippen molar-refractivity contribution < 1.29 is 9.18 Å². The lowest BCUT2D eigenvalue weighted by Gasteiger charge is -2.28. The van der Waals surface area contributed by atoms with E-state index in [1.165, 1.54) is 4.80 Å². The maximum Gasteiger partial charge on any atom is 0.256 e. The molecule has 3 heterocycles. The van der Waals surface area contributed by atoms with E-state index >= 15 is 0 Å². The second kappa shape index (κ2) is 8.78. The molecule has 1 amide bonds. The first-order valence-corrected chi connectivity index (χ1v) is 13.0. The predicted molar refractivity (Wildman–Crippen MR) is 134 cm³/mol. The summed E-state index contributed by atoms with van der Waals surface area (Å²) in [5.74, 6) is 1.84. The van der Waals surface area contributed by atoms with Crippen molar-refractivity contribution in [1.82, 2.24) is 29.4 Å². The van der Waals surface area contributed by atoms with Gasteiger partial charge in [0.25, 0.3) is 5.91 Å². The average molecular weight is 491 g/mol. The number of hydrogen-bond acceptors (Lipinski definition) is 5. The van der Waals surface area contributed by atoms with Crippen LogP contribution in [0.2, 0.25) is 0 Å². The van der Waals surface area contributed by atoms with Crippen LogP contribution in [0.25, 0.3) is 16.7 Å². The fraction of sp³-hybridized carbons (Fsp3) is 0.385. The summed E-state index contributed by atoms with van der Waals surface area (Å²) < 4.78 is 15.3. The zero-order valence-corrected chi connectivity index (χ0v) is 20.6. The van der Waals surface area contributed by atoms with E-state index < -0.39 is 6.67 Å². The van der Waals surface area contributed by atoms with Crippen molar-refractivity contribution in [1.29, 1.82) is 0 Å². The van der Waals surface area contributed by atoms with E-state index in [1.54, 1.807) is 24.2 Å². The van der Waals surface area contributed by atoms with Gasteiger partial charge < -0.3 is 9.47 Å². The van der Waals surface area contributed by atoms with Crippen molar-refractivity contribution in [2.24, 2.45) is 11.8 Å². The number of imidazole rings is 1. The van der Waals surface area contributed by atoms with Gasteiger partial charge in [-0.05, 0) is 61.9 Å². The van der Waals surface area contributed by atoms with E-state index in [1.807, 2.05) is 59.7 Å². The molecular formula is C26H27FN6OS. The summed E-state index contributed by atoms with van der Waals surface area (Å²) in [5.41, 5.74) is 5.31. The van der Waals surface area contributed by atoms with Gasteiger partial charge in [0.2, 0.25) is 0 Å². The van der Waals surface area contributed by atoms with Crippen molar-refractivity contribution in [2.75, 3.05) is 19.0 Å². The molecule has 2 aromatic carbocycles. The van der Waals surface area contributed by atoms with Crippen LogP contribution in [0.4, 0.5) is 4.39 Å². The normalized spacial score (nSPS) is 21.0. The third kappa shape index (κ3) is 4.01. The minimum atomic E-state index is -0.441. The maximum absolute atomic E-state index is 13.8. The number of aromatic nitrogens is 5. The van der Waals surface area contributed by atoms with E-state index in [0.717, 1.165) is 46.0 Å². The van der Waals surface area contributed by atoms with E-state index in [9.17, 15) is 9.18 Å². The van der Waals surface area contributed by atoms with Crippen molar-refractivity contribution in [3.8, 4) is 5.69 Å². The molecule has 7 nitrogen and oxygen atoms in total. The first-order valence-electron chi connectivity index (χ1n) is 12.0. The standard InChI is InChI=1S/C26H27FN6OS/c1-16-3-5-22(33-28-8-9-29-33)20(11-16)25(34)32-14-18-13-19(18)24(32)15-35-26-30-21-12-17(2)4-6-23(21)31(26)10-7-27/h3-6,8-9,11-12,18-19,24H,7,10,13-15H2,1-2H3/t18-,19-,24-/m1/s1. The fourth-order valence-electron chi connectivity index (χ4n) is 5.30. The topological polar surface area (TPSA) is 68.8 Å². The molecule has 0 unspecified atom stereocenters. The molecule has 2 aliphatic rings. The van der Waals surface area contributed by atoms with Crippen molar-refractivity contribution in [2.45, 2.75) is 38.0 Å². The Bertz CT molecular complexity index is 1400. The van der Waals surface area contributed by atoms with Crippen LogP contribution in [0, 0.1) is 25.7 Å². The van der Waals surface area contributed by atoms with Crippen molar-refractivity contribution in [3.63, 3.8) is 0 Å². The average Bonchev–Trinajstić information content (AvgIpc) is 3.17. The zero-order chi connectivity index (χ0) is 24.1. The Hall–Kier alpha value is -3.20. The number of hydrogen-bond donors (Lipinski definition) is 0. The lowest BCUT2D eigenvalue weighted by molar-refractivity contribution is 0.0722. The van der Waals surface area contributed by atoms with Gasteiger partial charge in [-0.3, -0.25) is 4.79 Å². The van der Waals surface area contributed by atoms with Gasteiger partial charge in [0.05, 0.1) is 41.2 Å². The van der Waals surface area contributed by atoms with Gasteiger partial charge in [0.15, 0.2) is 5.16 Å². The summed E-state index contributed by atoms with van der Waals surface area (Å²) in [6.45, 7) is 4.64. The van der Waals surface area contributed by atoms with Crippen LogP contribution in [-0.2, 0) is 6.54 Å². The molecule has 6 rings (SSSR count). The van der Waals surface area contributed by atoms with Gasteiger partial charge in [-0.1, -0.05) is 29.5 Å². The number of alkyl halides is 1. The highest BCUT2D eigenvalue weighted by molar-refractivity contribution is 7.99. The summed E-state index contributed by atoms with van der Waals surface area (Å²) in [6.07, 6.45) is 4.39. The molecule has 0 bridgehead atoms. The monoisotopic (exact) mass is 490 g/mol. The van der Waals surface area contributed by atoms with Gasteiger partial charge in [0.1, 0.15) is 6.67 Å². The molecule has 35 heavy (non-hydrogen) atoms. The van der Waals surface area contributed by atoms with Gasteiger partial charge >= 0.3 is 0 Å². The van der Waals surface area contributed by atoms with Crippen molar-refractivity contribution in [3.05, 3.63) is 65.5 Å². The molecule has 1 aliphatic carbocycles. The number of carbonyl (C=O) groups is 1. The van der Waals surface area contributed by atoms with Gasteiger partial charge in [-0.15, -0.1) is 0 Å². The molecule has 2 aromatic heterocycles. The zero-order valence-electron chi connectivity index (χ0n) is 19.8. The van der Waals surface area contributed by atoms with Crippen LogP contribution in [0.3, 0.4) is 0 Å². The fourth-order valence-corrected chi connectivity index (χ4v) is 6.55. The highest BCUT2D eigenvalue weighted by atomic mass is 32.2. The Morgan fingerprint density at radius 2 is 1.89 bits per heavy atom. The lowest BCUT2D eigenvalue weighted by Crippen LogP contribution is -2.40. The van der Waals surface area contributed by atoms with Crippen LogP contribution in [0.1, 0.15) is 27.9 Å². The number of rotatable bonds is 7. The Labute approximate surface area is 207 Å². The number of piperidine rings is 1. The molecule has 1 saturated carbocycles. The summed E-state index contributed by atoms with van der Waals surface area (Å²) in [6, 6.07) is 12.0. The van der Waals surface area contributed by atoms with Crippen molar-refractivity contribution >= 4 is 28.7 Å². The summed E-state index contributed by atoms with van der Waals surface area (Å²) >= 11 is 1.63. The second-order valence-corrected chi connectivity index (χ2v) is 10.5. The van der Waals surface area contributed by atoms with E-state index in [0.29, 0.717) is 23.1 Å². The number of thioether (sulfide) groups is 1. The van der Waals surface area contributed by atoms with E-state index in [2.05, 4.69) is 10.2 Å². The Morgan fingerprint density at radius 1 is 1.11 bits per heavy atom. The van der Waals surface area contributed by atoms with Crippen LogP contribution < -0.4 is 0 Å². The summed E-state index contributed by atoms with van der Waals surface area (Å²) in [4.78, 5) is 22.2. The van der Waals surface area contributed by atoms with Gasteiger partial charge in [0, 0.05) is 18.3 Å².